The maximum absolute atomic E-state index is 12.4. The van der Waals surface area contributed by atoms with Gasteiger partial charge in [0.25, 0.3) is 5.91 Å². The summed E-state index contributed by atoms with van der Waals surface area (Å²) >= 11 is 0. The van der Waals surface area contributed by atoms with Crippen molar-refractivity contribution < 1.29 is 14.3 Å². The SMILES string of the molecule is Cc1c([C@@H](C)NC(=O)c2ccc(OC[C@H]3CCCO3)cc2)cnn1C. The summed E-state index contributed by atoms with van der Waals surface area (Å²) in [6.07, 6.45) is 4.13. The van der Waals surface area contributed by atoms with Crippen LogP contribution in [0, 0.1) is 6.92 Å². The molecule has 1 amide bonds. The van der Waals surface area contributed by atoms with Crippen molar-refractivity contribution in [3.63, 3.8) is 0 Å². The van der Waals surface area contributed by atoms with Gasteiger partial charge in [0.2, 0.25) is 0 Å². The maximum Gasteiger partial charge on any atom is 0.251 e. The molecular formula is C19H25N3O3. The second-order valence-electron chi connectivity index (χ2n) is 6.47. The molecule has 0 radical (unpaired) electrons. The number of hydrogen-bond donors (Lipinski definition) is 1. The molecule has 2 heterocycles. The lowest BCUT2D eigenvalue weighted by atomic mass is 10.1. The van der Waals surface area contributed by atoms with Gasteiger partial charge in [0.15, 0.2) is 0 Å². The van der Waals surface area contributed by atoms with E-state index >= 15 is 0 Å². The Morgan fingerprint density at radius 3 is 2.80 bits per heavy atom. The van der Waals surface area contributed by atoms with Crippen LogP contribution in [0.3, 0.4) is 0 Å². The Kier molecular flexibility index (Phi) is 5.38. The number of ether oxygens (including phenoxy) is 2. The van der Waals surface area contributed by atoms with E-state index in [4.69, 9.17) is 9.47 Å². The molecule has 0 unspecified atom stereocenters. The van der Waals surface area contributed by atoms with E-state index in [1.165, 1.54) is 0 Å². The van der Waals surface area contributed by atoms with Crippen molar-refractivity contribution in [1.29, 1.82) is 0 Å². The largest absolute Gasteiger partial charge is 0.491 e. The summed E-state index contributed by atoms with van der Waals surface area (Å²) in [6.45, 7) is 5.33. The lowest BCUT2D eigenvalue weighted by Gasteiger charge is -2.14. The molecule has 1 saturated heterocycles. The Labute approximate surface area is 148 Å². The first-order valence-corrected chi connectivity index (χ1v) is 8.68. The summed E-state index contributed by atoms with van der Waals surface area (Å²) in [6, 6.07) is 7.11. The Morgan fingerprint density at radius 1 is 1.44 bits per heavy atom. The Hall–Kier alpha value is -2.34. The molecule has 0 aliphatic carbocycles. The zero-order valence-electron chi connectivity index (χ0n) is 15.0. The van der Waals surface area contributed by atoms with Gasteiger partial charge in [0.1, 0.15) is 12.4 Å². The van der Waals surface area contributed by atoms with E-state index in [1.807, 2.05) is 33.0 Å². The monoisotopic (exact) mass is 343 g/mol. The van der Waals surface area contributed by atoms with Crippen LogP contribution in [0.5, 0.6) is 5.75 Å². The Morgan fingerprint density at radius 2 is 2.20 bits per heavy atom. The van der Waals surface area contributed by atoms with Gasteiger partial charge in [-0.2, -0.15) is 5.10 Å². The number of amides is 1. The Balaban J connectivity index is 1.55. The van der Waals surface area contributed by atoms with Crippen LogP contribution in [0.15, 0.2) is 30.5 Å². The number of nitrogens with zero attached hydrogens (tertiary/aromatic N) is 2. The molecule has 0 saturated carbocycles. The minimum Gasteiger partial charge on any atom is -0.491 e. The lowest BCUT2D eigenvalue weighted by Crippen LogP contribution is -2.26. The van der Waals surface area contributed by atoms with Gasteiger partial charge >= 0.3 is 0 Å². The molecule has 1 aromatic carbocycles. The van der Waals surface area contributed by atoms with E-state index in [9.17, 15) is 4.79 Å². The second kappa shape index (κ2) is 7.70. The number of aromatic nitrogens is 2. The molecule has 6 nitrogen and oxygen atoms in total. The molecule has 1 fully saturated rings. The van der Waals surface area contributed by atoms with E-state index in [1.54, 1.807) is 23.0 Å². The topological polar surface area (TPSA) is 65.4 Å². The fraction of sp³-hybridized carbons (Fsp3) is 0.474. The molecule has 1 aromatic heterocycles. The molecule has 0 spiro atoms. The van der Waals surface area contributed by atoms with Crippen molar-refractivity contribution in [2.24, 2.45) is 7.05 Å². The van der Waals surface area contributed by atoms with Crippen molar-refractivity contribution in [3.05, 3.63) is 47.3 Å². The smallest absolute Gasteiger partial charge is 0.251 e. The second-order valence-corrected chi connectivity index (χ2v) is 6.47. The van der Waals surface area contributed by atoms with Crippen molar-refractivity contribution >= 4 is 5.91 Å². The average Bonchev–Trinajstić information content (AvgIpc) is 3.24. The average molecular weight is 343 g/mol. The predicted octanol–water partition coefficient (Wildman–Crippen LogP) is 2.78. The summed E-state index contributed by atoms with van der Waals surface area (Å²) in [5.41, 5.74) is 2.68. The highest BCUT2D eigenvalue weighted by Gasteiger charge is 2.17. The third-order valence-electron chi connectivity index (χ3n) is 4.66. The van der Waals surface area contributed by atoms with Crippen LogP contribution in [0.4, 0.5) is 0 Å². The summed E-state index contributed by atoms with van der Waals surface area (Å²) < 4.78 is 13.1. The first-order chi connectivity index (χ1) is 12.0. The van der Waals surface area contributed by atoms with Gasteiger partial charge in [-0.3, -0.25) is 9.48 Å². The molecule has 1 aliphatic heterocycles. The number of benzene rings is 1. The molecule has 1 N–H and O–H groups in total. The van der Waals surface area contributed by atoms with Crippen molar-refractivity contribution in [3.8, 4) is 5.75 Å². The van der Waals surface area contributed by atoms with Crippen molar-refractivity contribution in [2.75, 3.05) is 13.2 Å². The molecule has 6 heteroatoms. The molecule has 25 heavy (non-hydrogen) atoms. The fourth-order valence-corrected chi connectivity index (χ4v) is 2.97. The highest BCUT2D eigenvalue weighted by Crippen LogP contribution is 2.19. The van der Waals surface area contributed by atoms with Gasteiger partial charge in [-0.25, -0.2) is 0 Å². The lowest BCUT2D eigenvalue weighted by molar-refractivity contribution is 0.0679. The number of carbonyl (C=O) groups excluding carboxylic acids is 1. The number of nitrogens with one attached hydrogen (secondary N) is 1. The summed E-state index contributed by atoms with van der Waals surface area (Å²) in [5, 5.41) is 7.23. The van der Waals surface area contributed by atoms with Crippen LogP contribution in [-0.4, -0.2) is 35.0 Å². The third kappa shape index (κ3) is 4.20. The minimum atomic E-state index is -0.110. The quantitative estimate of drug-likeness (QED) is 0.876. The van der Waals surface area contributed by atoms with E-state index in [2.05, 4.69) is 10.4 Å². The number of carbonyl (C=O) groups is 1. The van der Waals surface area contributed by atoms with Gasteiger partial charge in [0, 0.05) is 30.5 Å². The standard InChI is InChI=1S/C19H25N3O3/c1-13(18-11-20-22(3)14(18)2)21-19(23)15-6-8-16(9-7-15)25-12-17-5-4-10-24-17/h6-9,11,13,17H,4-5,10,12H2,1-3H3,(H,21,23)/t13-,17-/m1/s1. The van der Waals surface area contributed by atoms with Crippen LogP contribution >= 0.6 is 0 Å². The normalized spacial score (nSPS) is 18.1. The maximum atomic E-state index is 12.4. The van der Waals surface area contributed by atoms with Crippen LogP contribution < -0.4 is 10.1 Å². The summed E-state index contributed by atoms with van der Waals surface area (Å²) in [4.78, 5) is 12.4. The van der Waals surface area contributed by atoms with Crippen LogP contribution in [0.2, 0.25) is 0 Å². The predicted molar refractivity (Wildman–Crippen MR) is 94.7 cm³/mol. The molecule has 0 bridgehead atoms. The molecule has 2 atom stereocenters. The van der Waals surface area contributed by atoms with E-state index in [0.717, 1.165) is 36.5 Å². The molecular weight excluding hydrogens is 318 g/mol. The van der Waals surface area contributed by atoms with Crippen LogP contribution in [0.1, 0.15) is 47.4 Å². The van der Waals surface area contributed by atoms with E-state index in [-0.39, 0.29) is 18.1 Å². The minimum absolute atomic E-state index is 0.100. The zero-order chi connectivity index (χ0) is 17.8. The first kappa shape index (κ1) is 17.5. The molecule has 134 valence electrons. The number of aryl methyl sites for hydroxylation is 1. The van der Waals surface area contributed by atoms with Gasteiger partial charge in [-0.15, -0.1) is 0 Å². The number of rotatable bonds is 6. The van der Waals surface area contributed by atoms with Gasteiger partial charge in [0.05, 0.1) is 18.3 Å². The van der Waals surface area contributed by atoms with Crippen LogP contribution in [0.25, 0.3) is 0 Å². The molecule has 1 aliphatic rings. The summed E-state index contributed by atoms with van der Waals surface area (Å²) in [5.74, 6) is 0.643. The van der Waals surface area contributed by atoms with Gasteiger partial charge in [-0.05, 0) is 51.0 Å². The Bertz CT molecular complexity index is 718. The fourth-order valence-electron chi connectivity index (χ4n) is 2.97. The third-order valence-corrected chi connectivity index (χ3v) is 4.66. The van der Waals surface area contributed by atoms with Crippen molar-refractivity contribution in [2.45, 2.75) is 38.8 Å². The van der Waals surface area contributed by atoms with E-state index < -0.39 is 0 Å². The number of hydrogen-bond acceptors (Lipinski definition) is 4. The van der Waals surface area contributed by atoms with Crippen molar-refractivity contribution in [1.82, 2.24) is 15.1 Å². The van der Waals surface area contributed by atoms with Gasteiger partial charge < -0.3 is 14.8 Å². The van der Waals surface area contributed by atoms with Gasteiger partial charge in [-0.1, -0.05) is 0 Å². The highest BCUT2D eigenvalue weighted by molar-refractivity contribution is 5.94. The highest BCUT2D eigenvalue weighted by atomic mass is 16.5. The summed E-state index contributed by atoms with van der Waals surface area (Å²) in [7, 11) is 1.89. The van der Waals surface area contributed by atoms with E-state index in [0.29, 0.717) is 12.2 Å². The molecule has 3 rings (SSSR count). The first-order valence-electron chi connectivity index (χ1n) is 8.68. The molecule has 2 aromatic rings. The zero-order valence-corrected chi connectivity index (χ0v) is 15.0. The van der Waals surface area contributed by atoms with Crippen LogP contribution in [-0.2, 0) is 11.8 Å².